The van der Waals surface area contributed by atoms with E-state index in [1.54, 1.807) is 24.3 Å². The number of unbranched alkanes of at least 4 members (excludes halogenated alkanes) is 1. The van der Waals surface area contributed by atoms with Crippen LogP contribution < -0.4 is 0 Å². The first kappa shape index (κ1) is 36.8. The molecule has 0 radical (unpaired) electrons. The monoisotopic (exact) mass is 731 g/mol. The minimum Gasteiger partial charge on any atom is -0.453 e. The van der Waals surface area contributed by atoms with Crippen LogP contribution in [0.2, 0.25) is 38.2 Å². The minimum absolute atomic E-state index is 0.0682. The summed E-state index contributed by atoms with van der Waals surface area (Å²) >= 11 is 25.3. The molecule has 0 saturated carbocycles. The SMILES string of the molecule is C=CCCCO[C@@H]1O[C@H](CO[Si](C)(C)C(C)(C)C)[C@@H](O)[C@H](OC(=O)c2ccccc2)[C@H]1N1C(=O)c2c(Cl)c(Cl)c(Cl)c(Cl)c2C1=O. The van der Waals surface area contributed by atoms with Crippen LogP contribution in [-0.4, -0.2) is 80.0 Å². The van der Waals surface area contributed by atoms with E-state index in [1.807, 2.05) is 13.1 Å². The summed E-state index contributed by atoms with van der Waals surface area (Å²) in [6.45, 7) is 14.1. The number of benzene rings is 2. The number of halogens is 4. The summed E-state index contributed by atoms with van der Waals surface area (Å²) in [6, 6.07) is 6.63. The third-order valence-electron chi connectivity index (χ3n) is 8.57. The summed E-state index contributed by atoms with van der Waals surface area (Å²) in [5.41, 5.74) is -0.366. The van der Waals surface area contributed by atoms with Gasteiger partial charge < -0.3 is 23.7 Å². The second kappa shape index (κ2) is 14.6. The maximum Gasteiger partial charge on any atom is 0.338 e. The average Bonchev–Trinajstić information content (AvgIpc) is 3.27. The van der Waals surface area contributed by atoms with Gasteiger partial charge in [0.15, 0.2) is 20.7 Å². The Labute approximate surface area is 289 Å². The zero-order chi connectivity index (χ0) is 34.1. The predicted octanol–water partition coefficient (Wildman–Crippen LogP) is 7.58. The van der Waals surface area contributed by atoms with Gasteiger partial charge in [-0.15, -0.1) is 6.58 Å². The molecule has 0 spiro atoms. The van der Waals surface area contributed by atoms with Crippen LogP contribution in [0, 0.1) is 0 Å². The molecule has 0 bridgehead atoms. The molecular formula is C32H37Cl4NO8Si. The topological polar surface area (TPSA) is 112 Å². The summed E-state index contributed by atoms with van der Waals surface area (Å²) in [4.78, 5) is 42.3. The molecule has 2 aromatic carbocycles. The largest absolute Gasteiger partial charge is 0.453 e. The average molecular weight is 734 g/mol. The molecule has 4 rings (SSSR count). The molecular weight excluding hydrogens is 696 g/mol. The Hall–Kier alpha value is -1.99. The van der Waals surface area contributed by atoms with Gasteiger partial charge in [0.1, 0.15) is 18.2 Å². The Morgan fingerprint density at radius 2 is 1.59 bits per heavy atom. The fourth-order valence-electron chi connectivity index (χ4n) is 4.92. The number of carbonyl (C=O) groups is 3. The first-order valence-corrected chi connectivity index (χ1v) is 19.1. The van der Waals surface area contributed by atoms with E-state index in [0.29, 0.717) is 12.8 Å². The molecule has 9 nitrogen and oxygen atoms in total. The van der Waals surface area contributed by atoms with Crippen LogP contribution in [0.3, 0.4) is 0 Å². The highest BCUT2D eigenvalue weighted by Crippen LogP contribution is 2.46. The van der Waals surface area contributed by atoms with Crippen molar-refractivity contribution in [3.05, 3.63) is 79.8 Å². The minimum atomic E-state index is -2.34. The maximum absolute atomic E-state index is 14.0. The predicted molar refractivity (Wildman–Crippen MR) is 180 cm³/mol. The van der Waals surface area contributed by atoms with Gasteiger partial charge in [0.2, 0.25) is 0 Å². The van der Waals surface area contributed by atoms with Gasteiger partial charge in [0.25, 0.3) is 11.8 Å². The molecule has 250 valence electrons. The Morgan fingerprint density at radius 1 is 1.02 bits per heavy atom. The molecule has 1 fully saturated rings. The number of allylic oxidation sites excluding steroid dienone is 1. The summed E-state index contributed by atoms with van der Waals surface area (Å²) in [6.07, 6.45) is -2.64. The lowest BCUT2D eigenvalue weighted by Crippen LogP contribution is -2.67. The van der Waals surface area contributed by atoms with E-state index in [9.17, 15) is 19.5 Å². The molecule has 2 aromatic rings. The number of hydrogen-bond donors (Lipinski definition) is 1. The van der Waals surface area contributed by atoms with Crippen molar-refractivity contribution in [2.45, 2.75) is 82.4 Å². The number of esters is 1. The molecule has 2 heterocycles. The highest BCUT2D eigenvalue weighted by molar-refractivity contribution is 6.74. The molecule has 2 aliphatic rings. The number of amides is 2. The lowest BCUT2D eigenvalue weighted by atomic mass is 9.95. The van der Waals surface area contributed by atoms with Crippen molar-refractivity contribution in [2.75, 3.05) is 13.2 Å². The van der Waals surface area contributed by atoms with Gasteiger partial charge >= 0.3 is 5.97 Å². The summed E-state index contributed by atoms with van der Waals surface area (Å²) in [5.74, 6) is -2.60. The normalized spacial score (nSPS) is 23.4. The lowest BCUT2D eigenvalue weighted by molar-refractivity contribution is -0.278. The zero-order valence-corrected chi connectivity index (χ0v) is 30.2. The van der Waals surface area contributed by atoms with Crippen molar-refractivity contribution in [2.24, 2.45) is 0 Å². The number of rotatable bonds is 11. The number of fused-ring (bicyclic) bond motifs is 1. The highest BCUT2D eigenvalue weighted by atomic mass is 35.5. The number of aliphatic hydroxyl groups is 1. The summed E-state index contributed by atoms with van der Waals surface area (Å²) in [5, 5.41) is 10.7. The van der Waals surface area contributed by atoms with Crippen LogP contribution in [0.5, 0.6) is 0 Å². The fourth-order valence-corrected chi connectivity index (χ4v) is 6.95. The summed E-state index contributed by atoms with van der Waals surface area (Å²) < 4.78 is 24.7. The standard InChI is InChI=1S/C32H37Cl4NO8Si/c1-7-8-12-15-42-31-25(37-28(39)19-20(29(37)40)22(34)24(36)23(35)21(19)33)27(45-30(41)17-13-10-9-11-14-17)26(38)18(44-31)16-43-46(5,6)32(2,3)4/h7,9-11,13-14,18,25-27,31,38H,1,8,12,15-16H2,2-6H3/t18-,25-,26-,27-,31-/m1/s1. The second-order valence-electron chi connectivity index (χ2n) is 12.6. The van der Waals surface area contributed by atoms with Gasteiger partial charge in [-0.25, -0.2) is 4.79 Å². The van der Waals surface area contributed by atoms with Crippen LogP contribution >= 0.6 is 46.4 Å². The van der Waals surface area contributed by atoms with E-state index >= 15 is 0 Å². The fraction of sp³-hybridized carbons (Fsp3) is 0.469. The van der Waals surface area contributed by atoms with Crippen molar-refractivity contribution >= 4 is 72.5 Å². The molecule has 5 atom stereocenters. The zero-order valence-electron chi connectivity index (χ0n) is 26.2. The van der Waals surface area contributed by atoms with Gasteiger partial charge in [-0.2, -0.15) is 0 Å². The van der Waals surface area contributed by atoms with Crippen molar-refractivity contribution in [3.8, 4) is 0 Å². The van der Waals surface area contributed by atoms with Crippen LogP contribution in [0.1, 0.15) is 64.7 Å². The molecule has 46 heavy (non-hydrogen) atoms. The molecule has 0 unspecified atom stereocenters. The Morgan fingerprint density at radius 3 is 2.11 bits per heavy atom. The van der Waals surface area contributed by atoms with E-state index < -0.39 is 56.7 Å². The van der Waals surface area contributed by atoms with E-state index in [2.05, 4.69) is 27.4 Å². The molecule has 14 heteroatoms. The number of imide groups is 1. The first-order chi connectivity index (χ1) is 21.5. The first-order valence-electron chi connectivity index (χ1n) is 14.7. The maximum atomic E-state index is 14.0. The molecule has 1 N–H and O–H groups in total. The van der Waals surface area contributed by atoms with Gasteiger partial charge in [-0.1, -0.05) is 91.5 Å². The number of nitrogens with zero attached hydrogens (tertiary/aromatic N) is 1. The molecule has 0 aromatic heterocycles. The van der Waals surface area contributed by atoms with Crippen molar-refractivity contribution in [1.82, 2.24) is 4.90 Å². The van der Waals surface area contributed by atoms with E-state index in [4.69, 9.17) is 65.0 Å². The van der Waals surface area contributed by atoms with E-state index in [0.717, 1.165) is 4.90 Å². The molecule has 2 amide bonds. The number of aliphatic hydroxyl groups excluding tert-OH is 1. The Balaban J connectivity index is 1.80. The van der Waals surface area contributed by atoms with Crippen molar-refractivity contribution in [1.29, 1.82) is 0 Å². The molecule has 1 saturated heterocycles. The smallest absolute Gasteiger partial charge is 0.338 e. The number of carbonyl (C=O) groups excluding carboxylic acids is 3. The van der Waals surface area contributed by atoms with Crippen molar-refractivity contribution in [3.63, 3.8) is 0 Å². The van der Waals surface area contributed by atoms with E-state index in [-0.39, 0.29) is 55.0 Å². The Kier molecular flexibility index (Phi) is 11.7. The lowest BCUT2D eigenvalue weighted by Gasteiger charge is -2.47. The summed E-state index contributed by atoms with van der Waals surface area (Å²) in [7, 11) is -2.34. The van der Waals surface area contributed by atoms with Gasteiger partial charge in [-0.05, 0) is 43.1 Å². The van der Waals surface area contributed by atoms with Crippen LogP contribution in [-0.2, 0) is 18.6 Å². The quantitative estimate of drug-likeness (QED) is 0.0479. The second-order valence-corrected chi connectivity index (χ2v) is 18.9. The van der Waals surface area contributed by atoms with E-state index in [1.165, 1.54) is 12.1 Å². The number of hydrogen-bond acceptors (Lipinski definition) is 8. The third-order valence-corrected chi connectivity index (χ3v) is 14.9. The van der Waals surface area contributed by atoms with Crippen LogP contribution in [0.25, 0.3) is 0 Å². The Bertz CT molecular complexity index is 1450. The molecule has 2 aliphatic heterocycles. The van der Waals surface area contributed by atoms with Gasteiger partial charge in [0.05, 0.1) is 50.0 Å². The van der Waals surface area contributed by atoms with Crippen LogP contribution in [0.4, 0.5) is 0 Å². The van der Waals surface area contributed by atoms with Crippen LogP contribution in [0.15, 0.2) is 43.0 Å². The highest BCUT2D eigenvalue weighted by Gasteiger charge is 2.57. The van der Waals surface area contributed by atoms with Crippen molar-refractivity contribution < 1.29 is 38.1 Å². The molecule has 0 aliphatic carbocycles. The van der Waals surface area contributed by atoms with Gasteiger partial charge in [0, 0.05) is 0 Å². The third kappa shape index (κ3) is 7.21. The van der Waals surface area contributed by atoms with Gasteiger partial charge in [-0.3, -0.25) is 14.5 Å². The number of ether oxygens (including phenoxy) is 3.